The molecular weight excluding hydrogens is 949 g/mol. The van der Waals surface area contributed by atoms with Crippen molar-refractivity contribution >= 4 is 99.5 Å². The smallest absolute Gasteiger partial charge is 0.140 e. The number of fused-ring (bicyclic) bond motifs is 8. The van der Waals surface area contributed by atoms with Crippen LogP contribution in [0.2, 0.25) is 0 Å². The topological polar surface area (TPSA) is 32.8 Å². The Labute approximate surface area is 457 Å². The molecule has 0 spiro atoms. The fourth-order valence-corrected chi connectivity index (χ4v) is 12.6. The van der Waals surface area contributed by atoms with Gasteiger partial charge in [0.05, 0.1) is 11.4 Å². The lowest BCUT2D eigenvalue weighted by Crippen LogP contribution is -2.14. The van der Waals surface area contributed by atoms with Gasteiger partial charge in [0.25, 0.3) is 0 Å². The first-order valence-electron chi connectivity index (χ1n) is 27.6. The third kappa shape index (κ3) is 8.04. The lowest BCUT2D eigenvalue weighted by atomic mass is 9.87. The number of hydrogen-bond acceptors (Lipinski definition) is 4. The lowest BCUT2D eigenvalue weighted by molar-refractivity contribution is 0.649. The molecule has 11 aromatic carbocycles. The largest absolute Gasteiger partial charge is 0.456 e. The Balaban J connectivity index is 0.981. The molecule has 0 amide bonds. The summed E-state index contributed by atoms with van der Waals surface area (Å²) in [7, 11) is 0. The van der Waals surface area contributed by atoms with Gasteiger partial charge in [-0.25, -0.2) is 0 Å². The Morgan fingerprint density at radius 2 is 0.705 bits per heavy atom. The zero-order valence-electron chi connectivity index (χ0n) is 46.3. The maximum absolute atomic E-state index is 7.28. The Morgan fingerprint density at radius 1 is 0.321 bits per heavy atom. The van der Waals surface area contributed by atoms with E-state index in [4.69, 9.17) is 8.83 Å². The van der Waals surface area contributed by atoms with Gasteiger partial charge in [-0.1, -0.05) is 161 Å². The monoisotopic (exact) mass is 1010 g/mol. The molecule has 0 saturated carbocycles. The van der Waals surface area contributed by atoms with E-state index >= 15 is 0 Å². The van der Waals surface area contributed by atoms with Crippen molar-refractivity contribution in [3.05, 3.63) is 239 Å². The van der Waals surface area contributed by atoms with E-state index in [1.54, 1.807) is 0 Å². The Bertz CT molecular complexity index is 4190. The van der Waals surface area contributed by atoms with Crippen LogP contribution in [0.15, 0.2) is 203 Å². The van der Waals surface area contributed by atoms with Gasteiger partial charge in [-0.15, -0.1) is 0 Å². The maximum atomic E-state index is 7.28. The van der Waals surface area contributed by atoms with E-state index < -0.39 is 0 Å². The number of para-hydroxylation sites is 2. The molecule has 13 aromatic rings. The minimum Gasteiger partial charge on any atom is -0.456 e. The van der Waals surface area contributed by atoms with Gasteiger partial charge in [0.15, 0.2) is 0 Å². The van der Waals surface area contributed by atoms with Gasteiger partial charge in [-0.3, -0.25) is 0 Å². The first-order chi connectivity index (χ1) is 37.8. The highest BCUT2D eigenvalue weighted by atomic mass is 16.3. The molecule has 0 aliphatic heterocycles. The molecule has 0 fully saturated rings. The number of aryl methyl sites for hydroxylation is 6. The molecule has 4 nitrogen and oxygen atoms in total. The van der Waals surface area contributed by atoms with Gasteiger partial charge in [0.1, 0.15) is 22.3 Å². The van der Waals surface area contributed by atoms with Gasteiger partial charge in [0, 0.05) is 55.4 Å². The maximum Gasteiger partial charge on any atom is 0.140 e. The van der Waals surface area contributed by atoms with Crippen molar-refractivity contribution in [3.63, 3.8) is 0 Å². The Kier molecular flexibility index (Phi) is 11.9. The summed E-state index contributed by atoms with van der Waals surface area (Å²) in [6, 6.07) is 71.3. The van der Waals surface area contributed by atoms with E-state index in [-0.39, 0.29) is 11.8 Å². The number of furan rings is 2. The summed E-state index contributed by atoms with van der Waals surface area (Å²) in [5.41, 5.74) is 25.0. The van der Waals surface area contributed by atoms with Crippen LogP contribution in [0, 0.1) is 41.5 Å². The number of rotatable bonds is 10. The Hall–Kier alpha value is -8.86. The van der Waals surface area contributed by atoms with Crippen LogP contribution in [0.1, 0.15) is 84.0 Å². The van der Waals surface area contributed by atoms with Crippen LogP contribution in [0.25, 0.3) is 87.7 Å². The summed E-state index contributed by atoms with van der Waals surface area (Å²) in [6.45, 7) is 22.5. The highest BCUT2D eigenvalue weighted by Crippen LogP contribution is 2.51. The van der Waals surface area contributed by atoms with Crippen LogP contribution < -0.4 is 9.80 Å². The third-order valence-corrected chi connectivity index (χ3v) is 16.4. The van der Waals surface area contributed by atoms with E-state index in [1.165, 1.54) is 78.1 Å². The third-order valence-electron chi connectivity index (χ3n) is 16.4. The molecule has 0 N–H and O–H groups in total. The molecule has 78 heavy (non-hydrogen) atoms. The van der Waals surface area contributed by atoms with E-state index in [0.717, 1.165) is 88.2 Å². The second kappa shape index (κ2) is 19.0. The van der Waals surface area contributed by atoms with E-state index in [1.807, 2.05) is 0 Å². The molecule has 0 atom stereocenters. The Morgan fingerprint density at radius 3 is 1.08 bits per heavy atom. The van der Waals surface area contributed by atoms with Gasteiger partial charge in [0.2, 0.25) is 0 Å². The molecule has 13 rings (SSSR count). The van der Waals surface area contributed by atoms with Gasteiger partial charge in [-0.2, -0.15) is 0 Å². The SMILES string of the molecule is Cc1ccc(-c2ccccc2)cc1N(c1ccc2cc3c(cc2c1)oc1c(C(C)C)c2c(oc4cc5cc(N(c6cc(-c7ccccc7)ccc6C)c6c(C)cccc6C)ccc5cc42)c(C(C)C)c13)c1c(C)cccc1C. The lowest BCUT2D eigenvalue weighted by Gasteiger charge is -2.30. The van der Waals surface area contributed by atoms with Crippen molar-refractivity contribution in [2.75, 3.05) is 9.80 Å². The summed E-state index contributed by atoms with van der Waals surface area (Å²) in [6.07, 6.45) is 0. The highest BCUT2D eigenvalue weighted by molar-refractivity contribution is 6.22. The quantitative estimate of drug-likeness (QED) is 0.137. The van der Waals surface area contributed by atoms with Crippen LogP contribution >= 0.6 is 0 Å². The van der Waals surface area contributed by atoms with Crippen molar-refractivity contribution in [2.45, 2.75) is 81.1 Å². The highest BCUT2D eigenvalue weighted by Gasteiger charge is 2.29. The minimum absolute atomic E-state index is 0.151. The fraction of sp³-hybridized carbons (Fsp3) is 0.162. The van der Waals surface area contributed by atoms with Gasteiger partial charge >= 0.3 is 0 Å². The number of nitrogens with zero attached hydrogens (tertiary/aromatic N) is 2. The van der Waals surface area contributed by atoms with Crippen molar-refractivity contribution < 1.29 is 8.83 Å². The fourth-order valence-electron chi connectivity index (χ4n) is 12.6. The predicted molar refractivity (Wildman–Crippen MR) is 333 cm³/mol. The molecule has 382 valence electrons. The second-order valence-electron chi connectivity index (χ2n) is 22.4. The number of hydrogen-bond donors (Lipinski definition) is 0. The minimum atomic E-state index is 0.151. The molecule has 2 aromatic heterocycles. The average molecular weight is 1010 g/mol. The summed E-state index contributed by atoms with van der Waals surface area (Å²) < 4.78 is 14.6. The van der Waals surface area contributed by atoms with Gasteiger partial charge in [-0.05, 0) is 191 Å². The normalized spacial score (nSPS) is 11.9. The zero-order valence-corrected chi connectivity index (χ0v) is 46.3. The molecule has 0 aliphatic rings. The average Bonchev–Trinajstić information content (AvgIpc) is 3.95. The standard InChI is InChI=1S/C74H64N2O2/c1-43(2)67-69-61-37-53-31-33-59(75(71-47(7)19-17-20-48(71)8)63-39-55(29-27-45(63)5)51-23-13-11-14-24-51)35-57(53)41-65(61)78-74(69)68(44(3)4)70-62-38-54-32-34-60(36-58(54)42-66(62)77-73(67)70)76(72-49(9)21-18-22-50(72)10)64-40-56(30-28-46(64)6)52-25-15-12-16-26-52/h11-44H,1-10H3. The first kappa shape index (κ1) is 48.8. The summed E-state index contributed by atoms with van der Waals surface area (Å²) in [5, 5.41) is 9.10. The molecule has 0 saturated heterocycles. The van der Waals surface area contributed by atoms with Crippen molar-refractivity contribution in [1.82, 2.24) is 0 Å². The van der Waals surface area contributed by atoms with E-state index in [9.17, 15) is 0 Å². The van der Waals surface area contributed by atoms with Crippen LogP contribution in [0.4, 0.5) is 34.1 Å². The van der Waals surface area contributed by atoms with Crippen LogP contribution in [-0.4, -0.2) is 0 Å². The first-order valence-corrected chi connectivity index (χ1v) is 27.6. The molecule has 0 bridgehead atoms. The molecule has 4 heteroatoms. The molecule has 2 heterocycles. The number of benzene rings is 11. The van der Waals surface area contributed by atoms with Crippen molar-refractivity contribution in [2.24, 2.45) is 0 Å². The zero-order chi connectivity index (χ0) is 53.7. The summed E-state index contributed by atoms with van der Waals surface area (Å²) >= 11 is 0. The van der Waals surface area contributed by atoms with Crippen molar-refractivity contribution in [3.8, 4) is 22.3 Å². The van der Waals surface area contributed by atoms with E-state index in [2.05, 4.69) is 273 Å². The molecule has 0 unspecified atom stereocenters. The van der Waals surface area contributed by atoms with E-state index in [0.29, 0.717) is 0 Å². The second-order valence-corrected chi connectivity index (χ2v) is 22.4. The molecule has 0 radical (unpaired) electrons. The van der Waals surface area contributed by atoms with Crippen LogP contribution in [0.5, 0.6) is 0 Å². The number of anilines is 6. The summed E-state index contributed by atoms with van der Waals surface area (Å²) in [5.74, 6) is 0.302. The van der Waals surface area contributed by atoms with Gasteiger partial charge < -0.3 is 18.6 Å². The van der Waals surface area contributed by atoms with Crippen LogP contribution in [0.3, 0.4) is 0 Å². The van der Waals surface area contributed by atoms with Crippen molar-refractivity contribution in [1.29, 1.82) is 0 Å². The molecule has 0 aliphatic carbocycles. The van der Waals surface area contributed by atoms with Crippen LogP contribution in [-0.2, 0) is 0 Å². The predicted octanol–water partition coefficient (Wildman–Crippen LogP) is 22.2. The molecular formula is C74H64N2O2. The summed E-state index contributed by atoms with van der Waals surface area (Å²) in [4.78, 5) is 4.92.